The van der Waals surface area contributed by atoms with E-state index in [4.69, 9.17) is 9.72 Å². The third-order valence-electron chi connectivity index (χ3n) is 5.06. The van der Waals surface area contributed by atoms with Crippen LogP contribution in [0.4, 0.5) is 5.95 Å². The average Bonchev–Trinajstić information content (AvgIpc) is 3.35. The lowest BCUT2D eigenvalue weighted by atomic mass is 9.96. The first-order chi connectivity index (χ1) is 12.8. The van der Waals surface area contributed by atoms with Crippen LogP contribution in [-0.4, -0.2) is 16.7 Å². The van der Waals surface area contributed by atoms with E-state index in [9.17, 15) is 0 Å². The van der Waals surface area contributed by atoms with Gasteiger partial charge in [0, 0.05) is 4.88 Å². The van der Waals surface area contributed by atoms with E-state index in [0.717, 1.165) is 23.6 Å². The SMILES string of the molecule is COc1ccc([C@@H]2C[C@H](c3cccs3)Nc3nc4ccccc4n32)cc1. The smallest absolute Gasteiger partial charge is 0.204 e. The quantitative estimate of drug-likeness (QED) is 0.541. The van der Waals surface area contributed by atoms with Crippen LogP contribution in [0, 0.1) is 0 Å². The average molecular weight is 361 g/mol. The summed E-state index contributed by atoms with van der Waals surface area (Å²) >= 11 is 1.79. The third-order valence-corrected chi connectivity index (χ3v) is 6.04. The third kappa shape index (κ3) is 2.47. The number of imidazole rings is 1. The molecule has 1 aliphatic heterocycles. The molecular formula is C21H19N3OS. The van der Waals surface area contributed by atoms with Crippen molar-refractivity contribution in [3.63, 3.8) is 0 Å². The van der Waals surface area contributed by atoms with Crippen LogP contribution in [0.1, 0.15) is 28.9 Å². The normalized spacial score (nSPS) is 19.1. The van der Waals surface area contributed by atoms with Crippen LogP contribution in [0.25, 0.3) is 11.0 Å². The van der Waals surface area contributed by atoms with Gasteiger partial charge in [0.15, 0.2) is 0 Å². The fourth-order valence-electron chi connectivity index (χ4n) is 3.79. The zero-order valence-corrected chi connectivity index (χ0v) is 15.2. The number of benzene rings is 2. The van der Waals surface area contributed by atoms with Crippen molar-refractivity contribution in [2.45, 2.75) is 18.5 Å². The first-order valence-electron chi connectivity index (χ1n) is 8.74. The number of nitrogens with one attached hydrogen (secondary N) is 1. The topological polar surface area (TPSA) is 39.1 Å². The number of thiophene rings is 1. The van der Waals surface area contributed by atoms with Crippen molar-refractivity contribution < 1.29 is 4.74 Å². The molecule has 0 saturated carbocycles. The van der Waals surface area contributed by atoms with Gasteiger partial charge in [-0.2, -0.15) is 0 Å². The van der Waals surface area contributed by atoms with Crippen LogP contribution in [0.15, 0.2) is 66.0 Å². The van der Waals surface area contributed by atoms with E-state index >= 15 is 0 Å². The van der Waals surface area contributed by atoms with E-state index in [2.05, 4.69) is 57.7 Å². The van der Waals surface area contributed by atoms with E-state index in [1.54, 1.807) is 18.4 Å². The van der Waals surface area contributed by atoms with E-state index < -0.39 is 0 Å². The predicted molar refractivity (Wildman–Crippen MR) is 106 cm³/mol. The number of ether oxygens (including phenoxy) is 1. The van der Waals surface area contributed by atoms with Crippen LogP contribution in [0.2, 0.25) is 0 Å². The van der Waals surface area contributed by atoms with E-state index in [1.165, 1.54) is 16.0 Å². The minimum Gasteiger partial charge on any atom is -0.497 e. The summed E-state index contributed by atoms with van der Waals surface area (Å²) in [5.41, 5.74) is 3.47. The first-order valence-corrected chi connectivity index (χ1v) is 9.62. The van der Waals surface area contributed by atoms with Crippen LogP contribution in [0.5, 0.6) is 5.75 Å². The van der Waals surface area contributed by atoms with Gasteiger partial charge in [-0.05, 0) is 47.7 Å². The Labute approximate surface area is 156 Å². The van der Waals surface area contributed by atoms with Gasteiger partial charge >= 0.3 is 0 Å². The number of rotatable bonds is 3. The molecule has 4 aromatic rings. The predicted octanol–water partition coefficient (Wildman–Crippen LogP) is 5.25. The van der Waals surface area contributed by atoms with Crippen molar-refractivity contribution in [1.82, 2.24) is 9.55 Å². The number of fused-ring (bicyclic) bond motifs is 3. The van der Waals surface area contributed by atoms with Crippen molar-refractivity contribution in [2.75, 3.05) is 12.4 Å². The molecule has 0 aliphatic carbocycles. The molecule has 0 amide bonds. The largest absolute Gasteiger partial charge is 0.497 e. The Morgan fingerprint density at radius 3 is 2.69 bits per heavy atom. The fourth-order valence-corrected chi connectivity index (χ4v) is 4.58. The lowest BCUT2D eigenvalue weighted by Crippen LogP contribution is -2.26. The molecule has 0 spiro atoms. The van der Waals surface area contributed by atoms with Gasteiger partial charge in [-0.3, -0.25) is 0 Å². The molecule has 1 aliphatic rings. The van der Waals surface area contributed by atoms with Gasteiger partial charge in [-0.15, -0.1) is 11.3 Å². The highest BCUT2D eigenvalue weighted by Crippen LogP contribution is 2.42. The Bertz CT molecular complexity index is 1040. The zero-order valence-electron chi connectivity index (χ0n) is 14.4. The van der Waals surface area contributed by atoms with Gasteiger partial charge in [0.05, 0.1) is 30.2 Å². The highest BCUT2D eigenvalue weighted by Gasteiger charge is 2.31. The second-order valence-corrected chi connectivity index (χ2v) is 7.51. The molecule has 1 N–H and O–H groups in total. The molecule has 0 saturated heterocycles. The van der Waals surface area contributed by atoms with Crippen LogP contribution < -0.4 is 10.1 Å². The molecular weight excluding hydrogens is 342 g/mol. The number of nitrogens with zero attached hydrogens (tertiary/aromatic N) is 2. The van der Waals surface area contributed by atoms with Gasteiger partial charge in [-0.1, -0.05) is 30.3 Å². The Balaban J connectivity index is 1.66. The molecule has 0 unspecified atom stereocenters. The molecule has 2 atom stereocenters. The van der Waals surface area contributed by atoms with Crippen LogP contribution in [-0.2, 0) is 0 Å². The molecule has 3 heterocycles. The molecule has 5 heteroatoms. The molecule has 2 aromatic heterocycles. The second kappa shape index (κ2) is 6.18. The van der Waals surface area contributed by atoms with Crippen molar-refractivity contribution in [3.05, 3.63) is 76.5 Å². The standard InChI is InChI=1S/C21H19N3OS/c1-25-15-10-8-14(9-11-15)19-13-17(20-7-4-12-26-20)23-21-22-16-5-2-3-6-18(16)24(19)21/h2-12,17,19H,13H2,1H3,(H,22,23)/t17-,19+/m1/s1. The molecule has 5 rings (SSSR count). The second-order valence-electron chi connectivity index (χ2n) is 6.53. The molecule has 26 heavy (non-hydrogen) atoms. The first kappa shape index (κ1) is 15.5. The highest BCUT2D eigenvalue weighted by molar-refractivity contribution is 7.10. The van der Waals surface area contributed by atoms with Gasteiger partial charge in [0.1, 0.15) is 5.75 Å². The molecule has 0 fully saturated rings. The number of anilines is 1. The lowest BCUT2D eigenvalue weighted by molar-refractivity contribution is 0.414. The fraction of sp³-hybridized carbons (Fsp3) is 0.190. The Morgan fingerprint density at radius 1 is 1.08 bits per heavy atom. The number of methoxy groups -OCH3 is 1. The zero-order chi connectivity index (χ0) is 17.5. The van der Waals surface area contributed by atoms with Crippen LogP contribution in [0.3, 0.4) is 0 Å². The lowest BCUT2D eigenvalue weighted by Gasteiger charge is -2.33. The minimum atomic E-state index is 0.233. The number of hydrogen-bond donors (Lipinski definition) is 1. The van der Waals surface area contributed by atoms with Crippen molar-refractivity contribution in [2.24, 2.45) is 0 Å². The Kier molecular flexibility index (Phi) is 3.68. The summed E-state index contributed by atoms with van der Waals surface area (Å²) in [5, 5.41) is 5.78. The van der Waals surface area contributed by atoms with Crippen molar-refractivity contribution in [1.29, 1.82) is 0 Å². The summed E-state index contributed by atoms with van der Waals surface area (Å²) in [6.07, 6.45) is 0.986. The van der Waals surface area contributed by atoms with Gasteiger partial charge < -0.3 is 14.6 Å². The highest BCUT2D eigenvalue weighted by atomic mass is 32.1. The molecule has 0 radical (unpaired) electrons. The summed E-state index contributed by atoms with van der Waals surface area (Å²) < 4.78 is 7.67. The molecule has 4 nitrogen and oxygen atoms in total. The van der Waals surface area contributed by atoms with E-state index in [0.29, 0.717) is 0 Å². The van der Waals surface area contributed by atoms with Gasteiger partial charge in [0.25, 0.3) is 0 Å². The minimum absolute atomic E-state index is 0.233. The molecule has 130 valence electrons. The summed E-state index contributed by atoms with van der Waals surface area (Å²) in [6, 6.07) is 21.6. The number of hydrogen-bond acceptors (Lipinski definition) is 4. The summed E-state index contributed by atoms with van der Waals surface area (Å²) in [5.74, 6) is 1.82. The monoisotopic (exact) mass is 361 g/mol. The summed E-state index contributed by atoms with van der Waals surface area (Å²) in [4.78, 5) is 6.20. The van der Waals surface area contributed by atoms with E-state index in [-0.39, 0.29) is 12.1 Å². The number of aromatic nitrogens is 2. The van der Waals surface area contributed by atoms with E-state index in [1.807, 2.05) is 18.2 Å². The maximum atomic E-state index is 5.33. The van der Waals surface area contributed by atoms with Crippen molar-refractivity contribution in [3.8, 4) is 5.75 Å². The Hall–Kier alpha value is -2.79. The Morgan fingerprint density at radius 2 is 1.92 bits per heavy atom. The summed E-state index contributed by atoms with van der Waals surface area (Å²) in [7, 11) is 1.70. The molecule has 2 aromatic carbocycles. The van der Waals surface area contributed by atoms with Gasteiger partial charge in [-0.25, -0.2) is 4.98 Å². The van der Waals surface area contributed by atoms with Gasteiger partial charge in [0.2, 0.25) is 5.95 Å². The summed E-state index contributed by atoms with van der Waals surface area (Å²) in [6.45, 7) is 0. The number of para-hydroxylation sites is 2. The molecule has 0 bridgehead atoms. The maximum absolute atomic E-state index is 5.33. The maximum Gasteiger partial charge on any atom is 0.204 e. The van der Waals surface area contributed by atoms with Crippen LogP contribution >= 0.6 is 11.3 Å². The van der Waals surface area contributed by atoms with Crippen molar-refractivity contribution >= 4 is 28.3 Å².